The Morgan fingerprint density at radius 3 is 2.59 bits per heavy atom. The van der Waals surface area contributed by atoms with Gasteiger partial charge in [-0.25, -0.2) is 0 Å². The molecule has 1 aromatic heterocycles. The summed E-state index contributed by atoms with van der Waals surface area (Å²) in [6, 6.07) is 0. The van der Waals surface area contributed by atoms with Crippen molar-refractivity contribution in [2.75, 3.05) is 20.1 Å². The van der Waals surface area contributed by atoms with Crippen LogP contribution in [0.5, 0.6) is 0 Å². The van der Waals surface area contributed by atoms with Crippen molar-refractivity contribution < 1.29 is 9.32 Å². The second kappa shape index (κ2) is 4.44. The van der Waals surface area contributed by atoms with Crippen molar-refractivity contribution in [1.29, 1.82) is 0 Å². The van der Waals surface area contributed by atoms with Gasteiger partial charge in [0.2, 0.25) is 5.89 Å². The third kappa shape index (κ3) is 2.46. The quantitative estimate of drug-likeness (QED) is 0.816. The Balaban J connectivity index is 1.99. The van der Waals surface area contributed by atoms with Crippen LogP contribution in [0.4, 0.5) is 0 Å². The maximum atomic E-state index is 12.0. The van der Waals surface area contributed by atoms with E-state index in [2.05, 4.69) is 22.4 Å². The molecule has 1 aliphatic heterocycles. The molecule has 1 aromatic rings. The number of aromatic nitrogens is 2. The lowest BCUT2D eigenvalue weighted by molar-refractivity contribution is 0.0646. The number of hydrogen-bond acceptors (Lipinski definition) is 5. The van der Waals surface area contributed by atoms with Crippen molar-refractivity contribution in [3.8, 4) is 0 Å². The summed E-state index contributed by atoms with van der Waals surface area (Å²) >= 11 is 0. The lowest BCUT2D eigenvalue weighted by atomic mass is 9.90. The molecule has 94 valence electrons. The molecule has 0 atom stereocenters. The molecule has 1 saturated heterocycles. The minimum absolute atomic E-state index is 0.129. The van der Waals surface area contributed by atoms with Gasteiger partial charge in [-0.05, 0) is 26.8 Å². The molecule has 17 heavy (non-hydrogen) atoms. The van der Waals surface area contributed by atoms with Crippen LogP contribution in [0.15, 0.2) is 4.52 Å². The Bertz CT molecular complexity index is 407. The summed E-state index contributed by atoms with van der Waals surface area (Å²) in [6.07, 6.45) is 1.87. The van der Waals surface area contributed by atoms with Gasteiger partial charge in [0.1, 0.15) is 0 Å². The second-order valence-electron chi connectivity index (χ2n) is 4.74. The Morgan fingerprint density at radius 2 is 2.12 bits per heavy atom. The Morgan fingerprint density at radius 1 is 1.47 bits per heavy atom. The zero-order valence-corrected chi connectivity index (χ0v) is 10.5. The Kier molecular flexibility index (Phi) is 3.15. The first kappa shape index (κ1) is 12.0. The molecule has 2 rings (SSSR count). The minimum Gasteiger partial charge on any atom is -0.339 e. The predicted octanol–water partition coefficient (Wildman–Crippen LogP) is 0.592. The van der Waals surface area contributed by atoms with Gasteiger partial charge in [0.05, 0.1) is 0 Å². The van der Waals surface area contributed by atoms with Gasteiger partial charge in [0.25, 0.3) is 11.7 Å². The summed E-state index contributed by atoms with van der Waals surface area (Å²) in [5.41, 5.74) is 0.129. The first-order valence-electron chi connectivity index (χ1n) is 5.82. The fraction of sp³-hybridized carbons (Fsp3) is 0.727. The van der Waals surface area contributed by atoms with Crippen LogP contribution in [-0.4, -0.2) is 46.6 Å². The monoisotopic (exact) mass is 238 g/mol. The summed E-state index contributed by atoms with van der Waals surface area (Å²) in [7, 11) is 1.96. The zero-order chi connectivity index (χ0) is 12.5. The van der Waals surface area contributed by atoms with Crippen LogP contribution in [0.1, 0.15) is 36.3 Å². The summed E-state index contributed by atoms with van der Waals surface area (Å²) in [5, 5.41) is 6.95. The maximum Gasteiger partial charge on any atom is 0.295 e. The third-order valence-corrected chi connectivity index (χ3v) is 3.48. The van der Waals surface area contributed by atoms with Crippen molar-refractivity contribution in [2.24, 2.45) is 0 Å². The van der Waals surface area contributed by atoms with E-state index in [1.807, 2.05) is 7.05 Å². The minimum atomic E-state index is -0.139. The highest BCUT2D eigenvalue weighted by Crippen LogP contribution is 2.21. The van der Waals surface area contributed by atoms with Gasteiger partial charge < -0.3 is 14.7 Å². The number of carbonyl (C=O) groups excluding carboxylic acids is 1. The Labute approximate surface area is 100 Å². The van der Waals surface area contributed by atoms with E-state index in [4.69, 9.17) is 4.52 Å². The normalized spacial score (nSPS) is 19.4. The summed E-state index contributed by atoms with van der Waals surface area (Å²) < 4.78 is 4.82. The molecule has 6 heteroatoms. The average molecular weight is 238 g/mol. The van der Waals surface area contributed by atoms with Gasteiger partial charge in [-0.3, -0.25) is 4.79 Å². The van der Waals surface area contributed by atoms with E-state index in [9.17, 15) is 4.79 Å². The first-order chi connectivity index (χ1) is 8.04. The zero-order valence-electron chi connectivity index (χ0n) is 10.5. The van der Waals surface area contributed by atoms with Crippen molar-refractivity contribution >= 4 is 5.91 Å². The number of nitrogens with zero attached hydrogens (tertiary/aromatic N) is 3. The van der Waals surface area contributed by atoms with Gasteiger partial charge in [-0.2, -0.15) is 4.98 Å². The highest BCUT2D eigenvalue weighted by atomic mass is 16.5. The molecular formula is C11H18N4O2. The smallest absolute Gasteiger partial charge is 0.295 e. The molecule has 0 bridgehead atoms. The standard InChI is InChI=1S/C11H18N4O2/c1-8-13-9(14-17-8)10(16)15-6-4-11(2,12-3)5-7-15/h12H,4-7H2,1-3H3. The molecule has 1 N–H and O–H groups in total. The van der Waals surface area contributed by atoms with E-state index in [-0.39, 0.29) is 17.3 Å². The van der Waals surface area contributed by atoms with Crippen LogP contribution in [0.25, 0.3) is 0 Å². The molecule has 0 saturated carbocycles. The molecule has 0 aromatic carbocycles. The number of amides is 1. The maximum absolute atomic E-state index is 12.0. The van der Waals surface area contributed by atoms with Gasteiger partial charge >= 0.3 is 0 Å². The van der Waals surface area contributed by atoms with Crippen LogP contribution >= 0.6 is 0 Å². The molecule has 1 fully saturated rings. The van der Waals surface area contributed by atoms with Crippen molar-refractivity contribution in [1.82, 2.24) is 20.4 Å². The number of aryl methyl sites for hydroxylation is 1. The third-order valence-electron chi connectivity index (χ3n) is 3.48. The van der Waals surface area contributed by atoms with Crippen LogP contribution in [-0.2, 0) is 0 Å². The predicted molar refractivity (Wildman–Crippen MR) is 61.6 cm³/mol. The molecule has 0 radical (unpaired) electrons. The van der Waals surface area contributed by atoms with E-state index < -0.39 is 0 Å². The van der Waals surface area contributed by atoms with Crippen LogP contribution < -0.4 is 5.32 Å². The van der Waals surface area contributed by atoms with Crippen LogP contribution in [0.3, 0.4) is 0 Å². The molecular weight excluding hydrogens is 220 g/mol. The number of rotatable bonds is 2. The lowest BCUT2D eigenvalue weighted by Crippen LogP contribution is -2.51. The number of likely N-dealkylation sites (tertiary alicyclic amines) is 1. The molecule has 0 unspecified atom stereocenters. The number of hydrogen-bond donors (Lipinski definition) is 1. The highest BCUT2D eigenvalue weighted by Gasteiger charge is 2.32. The van der Waals surface area contributed by atoms with Crippen LogP contribution in [0.2, 0.25) is 0 Å². The summed E-state index contributed by atoms with van der Waals surface area (Å²) in [6.45, 7) is 5.30. The average Bonchev–Trinajstić information content (AvgIpc) is 2.76. The van der Waals surface area contributed by atoms with Crippen molar-refractivity contribution in [3.63, 3.8) is 0 Å². The molecule has 2 heterocycles. The van der Waals surface area contributed by atoms with E-state index >= 15 is 0 Å². The largest absolute Gasteiger partial charge is 0.339 e. The summed E-state index contributed by atoms with van der Waals surface area (Å²) in [5.74, 6) is 0.445. The van der Waals surface area contributed by atoms with Gasteiger partial charge in [0, 0.05) is 25.6 Å². The van der Waals surface area contributed by atoms with Crippen molar-refractivity contribution in [3.05, 3.63) is 11.7 Å². The fourth-order valence-electron chi connectivity index (χ4n) is 1.98. The number of carbonyl (C=O) groups is 1. The second-order valence-corrected chi connectivity index (χ2v) is 4.74. The number of piperidine rings is 1. The van der Waals surface area contributed by atoms with E-state index in [1.165, 1.54) is 0 Å². The fourth-order valence-corrected chi connectivity index (χ4v) is 1.98. The van der Waals surface area contributed by atoms with Crippen LogP contribution in [0, 0.1) is 6.92 Å². The molecule has 0 spiro atoms. The molecule has 1 amide bonds. The van der Waals surface area contributed by atoms with Gasteiger partial charge in [-0.1, -0.05) is 5.16 Å². The lowest BCUT2D eigenvalue weighted by Gasteiger charge is -2.38. The van der Waals surface area contributed by atoms with Gasteiger partial charge in [-0.15, -0.1) is 0 Å². The van der Waals surface area contributed by atoms with Gasteiger partial charge in [0.15, 0.2) is 0 Å². The number of nitrogens with one attached hydrogen (secondary N) is 1. The molecule has 1 aliphatic rings. The highest BCUT2D eigenvalue weighted by molar-refractivity contribution is 5.90. The topological polar surface area (TPSA) is 71.3 Å². The molecule has 0 aliphatic carbocycles. The van der Waals surface area contributed by atoms with Crippen molar-refractivity contribution in [2.45, 2.75) is 32.2 Å². The van der Waals surface area contributed by atoms with E-state index in [0.29, 0.717) is 5.89 Å². The van der Waals surface area contributed by atoms with E-state index in [1.54, 1.807) is 11.8 Å². The van der Waals surface area contributed by atoms with E-state index in [0.717, 1.165) is 25.9 Å². The SMILES string of the molecule is CNC1(C)CCN(C(=O)c2noc(C)n2)CC1. The molecule has 6 nitrogen and oxygen atoms in total. The Hall–Kier alpha value is -1.43. The first-order valence-corrected chi connectivity index (χ1v) is 5.82. The summed E-state index contributed by atoms with van der Waals surface area (Å²) in [4.78, 5) is 17.8.